The van der Waals surface area contributed by atoms with Gasteiger partial charge in [0.05, 0.1) is 18.9 Å². The Kier molecular flexibility index (Phi) is 8.40. The van der Waals surface area contributed by atoms with Crippen LogP contribution in [-0.2, 0) is 14.3 Å². The van der Waals surface area contributed by atoms with Crippen LogP contribution >= 0.6 is 11.6 Å². The van der Waals surface area contributed by atoms with Crippen LogP contribution in [0.4, 0.5) is 13.2 Å². The third kappa shape index (κ3) is 7.64. The fourth-order valence-electron chi connectivity index (χ4n) is 2.50. The van der Waals surface area contributed by atoms with Crippen LogP contribution in [0.15, 0.2) is 24.3 Å². The first-order valence-corrected chi connectivity index (χ1v) is 8.70. The molecule has 0 aliphatic heterocycles. The topological polar surface area (TPSA) is 55.4 Å². The Labute approximate surface area is 156 Å². The first-order chi connectivity index (χ1) is 12.0. The van der Waals surface area contributed by atoms with Crippen molar-refractivity contribution in [3.63, 3.8) is 0 Å². The number of benzene rings is 1. The van der Waals surface area contributed by atoms with Gasteiger partial charge in [-0.25, -0.2) is 4.79 Å². The molecule has 0 aromatic heterocycles. The number of carbonyl (C=O) groups is 2. The number of hydrogen-bond donors (Lipinski definition) is 1. The van der Waals surface area contributed by atoms with Crippen LogP contribution in [0, 0.1) is 5.92 Å². The lowest BCUT2D eigenvalue weighted by Crippen LogP contribution is -2.46. The Bertz CT molecular complexity index is 603. The molecule has 8 heteroatoms. The van der Waals surface area contributed by atoms with Gasteiger partial charge in [-0.15, -0.1) is 0 Å². The molecule has 4 nitrogen and oxygen atoms in total. The highest BCUT2D eigenvalue weighted by Crippen LogP contribution is 2.27. The van der Waals surface area contributed by atoms with E-state index in [-0.39, 0.29) is 12.5 Å². The third-order valence-corrected chi connectivity index (χ3v) is 3.87. The van der Waals surface area contributed by atoms with Gasteiger partial charge in [0.2, 0.25) is 5.91 Å². The summed E-state index contributed by atoms with van der Waals surface area (Å²) in [4.78, 5) is 24.5. The summed E-state index contributed by atoms with van der Waals surface area (Å²) in [7, 11) is 0. The van der Waals surface area contributed by atoms with Crippen molar-refractivity contribution < 1.29 is 27.5 Å². The maximum absolute atomic E-state index is 12.8. The van der Waals surface area contributed by atoms with Crippen molar-refractivity contribution >= 4 is 23.5 Å². The normalized spacial score (nSPS) is 14.0. The van der Waals surface area contributed by atoms with Crippen molar-refractivity contribution in [3.8, 4) is 0 Å². The van der Waals surface area contributed by atoms with Gasteiger partial charge in [-0.05, 0) is 37.0 Å². The number of rotatable bonds is 8. The lowest BCUT2D eigenvalue weighted by atomic mass is 9.89. The zero-order chi connectivity index (χ0) is 19.9. The van der Waals surface area contributed by atoms with Gasteiger partial charge < -0.3 is 10.1 Å². The monoisotopic (exact) mass is 393 g/mol. The van der Waals surface area contributed by atoms with Crippen LogP contribution in [0.2, 0.25) is 5.02 Å². The number of ether oxygens (including phenoxy) is 1. The zero-order valence-corrected chi connectivity index (χ0v) is 15.7. The SMILES string of the molecule is CCOC(=O)C(CC(F)(F)F)NC(=O)C(CC(C)C)c1ccc(Cl)cc1. The number of nitrogens with one attached hydrogen (secondary N) is 1. The van der Waals surface area contributed by atoms with Crippen LogP contribution in [0.3, 0.4) is 0 Å². The molecular weight excluding hydrogens is 371 g/mol. The number of alkyl halides is 3. The summed E-state index contributed by atoms with van der Waals surface area (Å²) in [6.45, 7) is 5.21. The molecule has 1 amide bonds. The summed E-state index contributed by atoms with van der Waals surface area (Å²) in [5.74, 6) is -2.33. The maximum Gasteiger partial charge on any atom is 0.391 e. The standard InChI is InChI=1S/C18H23ClF3NO3/c1-4-26-17(25)15(10-18(20,21)22)23-16(24)14(9-11(2)3)12-5-7-13(19)8-6-12/h5-8,11,14-15H,4,9-10H2,1-3H3,(H,23,24). The molecule has 0 bridgehead atoms. The van der Waals surface area contributed by atoms with Gasteiger partial charge in [0.1, 0.15) is 6.04 Å². The highest BCUT2D eigenvalue weighted by atomic mass is 35.5. The second-order valence-electron chi connectivity index (χ2n) is 6.37. The predicted molar refractivity (Wildman–Crippen MR) is 92.9 cm³/mol. The highest BCUT2D eigenvalue weighted by Gasteiger charge is 2.38. The van der Waals surface area contributed by atoms with E-state index in [9.17, 15) is 22.8 Å². The summed E-state index contributed by atoms with van der Waals surface area (Å²) in [5.41, 5.74) is 0.621. The molecule has 146 valence electrons. The quantitative estimate of drug-likeness (QED) is 0.663. The molecule has 0 heterocycles. The van der Waals surface area contributed by atoms with Gasteiger partial charge >= 0.3 is 12.1 Å². The van der Waals surface area contributed by atoms with E-state index < -0.39 is 36.4 Å². The molecule has 0 spiro atoms. The van der Waals surface area contributed by atoms with E-state index in [0.717, 1.165) is 0 Å². The van der Waals surface area contributed by atoms with E-state index in [1.807, 2.05) is 13.8 Å². The Morgan fingerprint density at radius 1 is 1.19 bits per heavy atom. The molecule has 0 fully saturated rings. The molecule has 2 atom stereocenters. The van der Waals surface area contributed by atoms with Gasteiger partial charge in [-0.2, -0.15) is 13.2 Å². The van der Waals surface area contributed by atoms with E-state index >= 15 is 0 Å². The smallest absolute Gasteiger partial charge is 0.391 e. The van der Waals surface area contributed by atoms with E-state index in [1.54, 1.807) is 24.3 Å². The number of hydrogen-bond acceptors (Lipinski definition) is 3. The van der Waals surface area contributed by atoms with Crippen LogP contribution in [0.1, 0.15) is 45.1 Å². The molecule has 1 rings (SSSR count). The lowest BCUT2D eigenvalue weighted by Gasteiger charge is -2.24. The van der Waals surface area contributed by atoms with Gasteiger partial charge in [-0.1, -0.05) is 37.6 Å². The second kappa shape index (κ2) is 9.80. The second-order valence-corrected chi connectivity index (χ2v) is 6.80. The summed E-state index contributed by atoms with van der Waals surface area (Å²) < 4.78 is 42.9. The van der Waals surface area contributed by atoms with Crippen molar-refractivity contribution in [2.24, 2.45) is 5.92 Å². The Hall–Kier alpha value is -1.76. The van der Waals surface area contributed by atoms with E-state index in [2.05, 4.69) is 10.1 Å². The average Bonchev–Trinajstić information content (AvgIpc) is 2.51. The molecule has 1 aromatic carbocycles. The maximum atomic E-state index is 12.8. The lowest BCUT2D eigenvalue weighted by molar-refractivity contribution is -0.163. The first-order valence-electron chi connectivity index (χ1n) is 8.32. The highest BCUT2D eigenvalue weighted by molar-refractivity contribution is 6.30. The van der Waals surface area contributed by atoms with Crippen molar-refractivity contribution in [2.75, 3.05) is 6.61 Å². The summed E-state index contributed by atoms with van der Waals surface area (Å²) in [6.07, 6.45) is -5.68. The minimum absolute atomic E-state index is 0.0737. The Balaban J connectivity index is 3.02. The molecular formula is C18H23ClF3NO3. The molecule has 26 heavy (non-hydrogen) atoms. The molecule has 0 aliphatic rings. The number of amides is 1. The molecule has 0 saturated carbocycles. The average molecular weight is 394 g/mol. The molecule has 0 saturated heterocycles. The minimum atomic E-state index is -4.61. The fourth-order valence-corrected chi connectivity index (χ4v) is 2.63. The molecule has 1 N–H and O–H groups in total. The fraction of sp³-hybridized carbons (Fsp3) is 0.556. The molecule has 1 aromatic rings. The Morgan fingerprint density at radius 3 is 2.23 bits per heavy atom. The number of halogens is 4. The van der Waals surface area contributed by atoms with Crippen molar-refractivity contribution in [1.29, 1.82) is 0 Å². The largest absolute Gasteiger partial charge is 0.464 e. The van der Waals surface area contributed by atoms with Gasteiger partial charge in [0.25, 0.3) is 0 Å². The molecule has 2 unspecified atom stereocenters. The number of carbonyl (C=O) groups excluding carboxylic acids is 2. The summed E-state index contributed by atoms with van der Waals surface area (Å²) >= 11 is 5.85. The van der Waals surface area contributed by atoms with Gasteiger partial charge in [0.15, 0.2) is 0 Å². The zero-order valence-electron chi connectivity index (χ0n) is 14.9. The van der Waals surface area contributed by atoms with Gasteiger partial charge in [-0.3, -0.25) is 4.79 Å². The summed E-state index contributed by atoms with van der Waals surface area (Å²) in [5, 5.41) is 2.70. The third-order valence-electron chi connectivity index (χ3n) is 3.62. The first kappa shape index (κ1) is 22.3. The summed E-state index contributed by atoms with van der Waals surface area (Å²) in [6, 6.07) is 4.74. The molecule has 0 radical (unpaired) electrons. The van der Waals surface area contributed by atoms with Gasteiger partial charge in [0, 0.05) is 5.02 Å². The predicted octanol–water partition coefficient (Wildman–Crippen LogP) is 4.47. The van der Waals surface area contributed by atoms with Crippen molar-refractivity contribution in [1.82, 2.24) is 5.32 Å². The van der Waals surface area contributed by atoms with Crippen LogP contribution < -0.4 is 5.32 Å². The van der Waals surface area contributed by atoms with Crippen LogP contribution in [-0.4, -0.2) is 30.7 Å². The minimum Gasteiger partial charge on any atom is -0.464 e. The molecule has 0 aliphatic carbocycles. The van der Waals surface area contributed by atoms with E-state index in [4.69, 9.17) is 11.6 Å². The van der Waals surface area contributed by atoms with Crippen molar-refractivity contribution in [3.05, 3.63) is 34.9 Å². The van der Waals surface area contributed by atoms with Crippen LogP contribution in [0.5, 0.6) is 0 Å². The van der Waals surface area contributed by atoms with E-state index in [0.29, 0.717) is 17.0 Å². The van der Waals surface area contributed by atoms with Crippen molar-refractivity contribution in [2.45, 2.75) is 51.7 Å². The Morgan fingerprint density at radius 2 is 1.77 bits per heavy atom. The van der Waals surface area contributed by atoms with E-state index in [1.165, 1.54) is 6.92 Å². The van der Waals surface area contributed by atoms with Crippen LogP contribution in [0.25, 0.3) is 0 Å². The number of esters is 1.